The lowest BCUT2D eigenvalue weighted by Crippen LogP contribution is -2.26. The highest BCUT2D eigenvalue weighted by atomic mass is 32.2. The molecule has 0 aliphatic carbocycles. The lowest BCUT2D eigenvalue weighted by molar-refractivity contribution is 0.0785. The maximum Gasteiger partial charge on any atom is 0.253 e. The Kier molecular flexibility index (Phi) is 6.12. The van der Waals surface area contributed by atoms with E-state index in [0.717, 1.165) is 5.56 Å². The minimum absolute atomic E-state index is 0.0450. The predicted molar refractivity (Wildman–Crippen MR) is 106 cm³/mol. The number of rotatable bonds is 7. The van der Waals surface area contributed by atoms with Gasteiger partial charge in [0, 0.05) is 19.2 Å². The average Bonchev–Trinajstić information content (AvgIpc) is 3.26. The van der Waals surface area contributed by atoms with Crippen LogP contribution in [0.1, 0.15) is 27.2 Å². The quantitative estimate of drug-likeness (QED) is 0.646. The van der Waals surface area contributed by atoms with Crippen LogP contribution in [-0.2, 0) is 23.1 Å². The van der Waals surface area contributed by atoms with Gasteiger partial charge in [-0.1, -0.05) is 12.1 Å². The van der Waals surface area contributed by atoms with Crippen molar-refractivity contribution in [1.82, 2.24) is 9.62 Å². The molecule has 7 nitrogen and oxygen atoms in total. The van der Waals surface area contributed by atoms with Crippen LogP contribution in [0, 0.1) is 11.3 Å². The summed E-state index contributed by atoms with van der Waals surface area (Å²) in [5.74, 6) is 0.270. The minimum atomic E-state index is -3.72. The number of sulfonamides is 1. The van der Waals surface area contributed by atoms with Crippen LogP contribution in [0.5, 0.6) is 0 Å². The number of carbonyl (C=O) groups is 1. The second-order valence-corrected chi connectivity index (χ2v) is 8.17. The first kappa shape index (κ1) is 20.3. The molecule has 3 rings (SSSR count). The first-order chi connectivity index (χ1) is 13.9. The fourth-order valence-corrected chi connectivity index (χ4v) is 3.68. The van der Waals surface area contributed by atoms with Gasteiger partial charge in [0.05, 0.1) is 29.3 Å². The lowest BCUT2D eigenvalue weighted by Gasteiger charge is -2.17. The van der Waals surface area contributed by atoms with Crippen molar-refractivity contribution in [3.8, 4) is 6.07 Å². The predicted octanol–water partition coefficient (Wildman–Crippen LogP) is 2.90. The zero-order chi connectivity index (χ0) is 20.9. The third-order valence-corrected chi connectivity index (χ3v) is 5.69. The highest BCUT2D eigenvalue weighted by molar-refractivity contribution is 7.89. The minimum Gasteiger partial charge on any atom is -0.468 e. The topological polar surface area (TPSA) is 103 Å². The van der Waals surface area contributed by atoms with Gasteiger partial charge >= 0.3 is 0 Å². The van der Waals surface area contributed by atoms with Gasteiger partial charge in [-0.25, -0.2) is 13.1 Å². The van der Waals surface area contributed by atoms with Gasteiger partial charge in [-0.05, 0) is 54.1 Å². The van der Waals surface area contributed by atoms with Gasteiger partial charge in [-0.15, -0.1) is 0 Å². The molecule has 0 radical (unpaired) electrons. The average molecular weight is 409 g/mol. The van der Waals surface area contributed by atoms with Crippen molar-refractivity contribution < 1.29 is 17.6 Å². The van der Waals surface area contributed by atoms with E-state index in [-0.39, 0.29) is 17.3 Å². The van der Waals surface area contributed by atoms with E-state index >= 15 is 0 Å². The molecule has 0 unspecified atom stereocenters. The molecule has 0 aliphatic rings. The highest BCUT2D eigenvalue weighted by Gasteiger charge is 2.17. The van der Waals surface area contributed by atoms with Crippen LogP contribution < -0.4 is 4.72 Å². The van der Waals surface area contributed by atoms with Crippen LogP contribution in [0.25, 0.3) is 0 Å². The van der Waals surface area contributed by atoms with E-state index in [2.05, 4.69) is 10.8 Å². The number of amides is 1. The molecule has 1 heterocycles. The summed E-state index contributed by atoms with van der Waals surface area (Å²) in [7, 11) is -2.05. The van der Waals surface area contributed by atoms with Gasteiger partial charge in [-0.3, -0.25) is 4.79 Å². The summed E-state index contributed by atoms with van der Waals surface area (Å²) >= 11 is 0. The van der Waals surface area contributed by atoms with Crippen molar-refractivity contribution in [2.24, 2.45) is 0 Å². The molecule has 1 N–H and O–H groups in total. The van der Waals surface area contributed by atoms with Crippen LogP contribution in [0.15, 0.2) is 76.2 Å². The number of nitriles is 1. The molecule has 1 aromatic heterocycles. The molecule has 1 amide bonds. The lowest BCUT2D eigenvalue weighted by atomic mass is 10.1. The second kappa shape index (κ2) is 8.73. The Labute approximate surface area is 169 Å². The Morgan fingerprint density at radius 2 is 1.79 bits per heavy atom. The van der Waals surface area contributed by atoms with Gasteiger partial charge in [0.2, 0.25) is 10.0 Å². The normalized spacial score (nSPS) is 11.0. The van der Waals surface area contributed by atoms with E-state index < -0.39 is 10.0 Å². The number of hydrogen-bond donors (Lipinski definition) is 1. The summed E-state index contributed by atoms with van der Waals surface area (Å²) in [5.41, 5.74) is 1.83. The van der Waals surface area contributed by atoms with E-state index in [1.165, 1.54) is 35.4 Å². The molecule has 0 fully saturated rings. The third-order valence-electron chi connectivity index (χ3n) is 4.28. The van der Waals surface area contributed by atoms with Crippen molar-refractivity contribution in [1.29, 1.82) is 5.26 Å². The Morgan fingerprint density at radius 3 is 2.38 bits per heavy atom. The standard InChI is InChI=1S/C21H19N3O4S/c1-24(15-17-6-4-16(13-22)5-7-17)21(25)18-8-10-20(11-9-18)29(26,27)23-14-19-3-2-12-28-19/h2-12,23H,14-15H2,1H3. The molecule has 2 aromatic carbocycles. The van der Waals surface area contributed by atoms with Crippen LogP contribution in [0.2, 0.25) is 0 Å². The van der Waals surface area contributed by atoms with Gasteiger partial charge < -0.3 is 9.32 Å². The molecule has 0 atom stereocenters. The molecule has 0 spiro atoms. The monoisotopic (exact) mass is 409 g/mol. The summed E-state index contributed by atoms with van der Waals surface area (Å²) in [4.78, 5) is 14.2. The largest absolute Gasteiger partial charge is 0.468 e. The summed E-state index contributed by atoms with van der Waals surface area (Å²) in [6.07, 6.45) is 1.47. The Balaban J connectivity index is 1.64. The van der Waals surface area contributed by atoms with Crippen molar-refractivity contribution in [3.63, 3.8) is 0 Å². The fourth-order valence-electron chi connectivity index (χ4n) is 2.69. The molecular formula is C21H19N3O4S. The van der Waals surface area contributed by atoms with Crippen LogP contribution in [0.4, 0.5) is 0 Å². The van der Waals surface area contributed by atoms with Crippen molar-refractivity contribution in [2.75, 3.05) is 7.05 Å². The van der Waals surface area contributed by atoms with Crippen molar-refractivity contribution in [2.45, 2.75) is 18.0 Å². The van der Waals surface area contributed by atoms with Crippen molar-refractivity contribution in [3.05, 3.63) is 89.4 Å². The zero-order valence-electron chi connectivity index (χ0n) is 15.7. The second-order valence-electron chi connectivity index (χ2n) is 6.40. The number of nitrogens with one attached hydrogen (secondary N) is 1. The van der Waals surface area contributed by atoms with Crippen LogP contribution in [0.3, 0.4) is 0 Å². The van der Waals surface area contributed by atoms with Crippen molar-refractivity contribution >= 4 is 15.9 Å². The van der Waals surface area contributed by atoms with E-state index in [0.29, 0.717) is 23.4 Å². The molecule has 29 heavy (non-hydrogen) atoms. The van der Waals surface area contributed by atoms with Crippen LogP contribution >= 0.6 is 0 Å². The molecule has 0 saturated heterocycles. The first-order valence-electron chi connectivity index (χ1n) is 8.75. The van der Waals surface area contributed by atoms with E-state index in [4.69, 9.17) is 9.68 Å². The SMILES string of the molecule is CN(Cc1ccc(C#N)cc1)C(=O)c1ccc(S(=O)(=O)NCc2ccco2)cc1. The molecule has 0 saturated carbocycles. The summed E-state index contributed by atoms with van der Waals surface area (Å²) in [6.45, 7) is 0.415. The Bertz CT molecular complexity index is 1110. The fraction of sp³-hybridized carbons (Fsp3) is 0.143. The number of nitrogens with zero attached hydrogens (tertiary/aromatic N) is 2. The maximum absolute atomic E-state index is 12.6. The van der Waals surface area contributed by atoms with Gasteiger partial charge in [0.15, 0.2) is 0 Å². The molecule has 148 valence electrons. The molecule has 3 aromatic rings. The number of carbonyl (C=O) groups excluding carboxylic acids is 1. The van der Waals surface area contributed by atoms with E-state index in [9.17, 15) is 13.2 Å². The van der Waals surface area contributed by atoms with E-state index in [1.807, 2.05) is 0 Å². The molecular weight excluding hydrogens is 390 g/mol. The van der Waals surface area contributed by atoms with E-state index in [1.54, 1.807) is 43.4 Å². The molecule has 0 aliphatic heterocycles. The number of furan rings is 1. The zero-order valence-corrected chi connectivity index (χ0v) is 16.5. The maximum atomic E-state index is 12.6. The van der Waals surface area contributed by atoms with Crippen LogP contribution in [-0.4, -0.2) is 26.3 Å². The first-order valence-corrected chi connectivity index (χ1v) is 10.2. The number of benzene rings is 2. The van der Waals surface area contributed by atoms with Gasteiger partial charge in [0.1, 0.15) is 5.76 Å². The molecule has 0 bridgehead atoms. The Morgan fingerprint density at radius 1 is 1.10 bits per heavy atom. The Hall–Kier alpha value is -3.41. The highest BCUT2D eigenvalue weighted by Crippen LogP contribution is 2.14. The third kappa shape index (κ3) is 5.10. The smallest absolute Gasteiger partial charge is 0.253 e. The number of hydrogen-bond acceptors (Lipinski definition) is 5. The van der Waals surface area contributed by atoms with Gasteiger partial charge in [0.25, 0.3) is 5.91 Å². The summed E-state index contributed by atoms with van der Waals surface area (Å²) in [5, 5.41) is 8.84. The van der Waals surface area contributed by atoms with Gasteiger partial charge in [-0.2, -0.15) is 5.26 Å². The summed E-state index contributed by atoms with van der Waals surface area (Å²) < 4.78 is 32.3. The summed E-state index contributed by atoms with van der Waals surface area (Å²) in [6, 6.07) is 18.2. The molecule has 8 heteroatoms.